The summed E-state index contributed by atoms with van der Waals surface area (Å²) < 4.78 is 6.80. The van der Waals surface area contributed by atoms with Crippen LogP contribution in [0.2, 0.25) is 0 Å². The number of ether oxygens (including phenoxy) is 1. The van der Waals surface area contributed by atoms with Crippen LogP contribution in [-0.2, 0) is 0 Å². The van der Waals surface area contributed by atoms with Crippen molar-refractivity contribution < 1.29 is 4.74 Å². The first kappa shape index (κ1) is 15.4. The largest absolute Gasteiger partial charge is 0.424 e. The number of aryl methyl sites for hydroxylation is 1. The molecular formula is C15H17BrN4O. The zero-order valence-corrected chi connectivity index (χ0v) is 13.7. The normalized spacial score (nSPS) is 10.7. The Morgan fingerprint density at radius 3 is 2.62 bits per heavy atom. The highest BCUT2D eigenvalue weighted by Gasteiger charge is 2.12. The van der Waals surface area contributed by atoms with Crippen molar-refractivity contribution >= 4 is 21.8 Å². The minimum Gasteiger partial charge on any atom is -0.424 e. The third-order valence-electron chi connectivity index (χ3n) is 2.90. The van der Waals surface area contributed by atoms with Crippen molar-refractivity contribution in [2.24, 2.45) is 5.73 Å². The Hall–Kier alpha value is -1.95. The molecule has 21 heavy (non-hydrogen) atoms. The number of benzene rings is 1. The standard InChI is InChI=1S/C15H17BrN4O/c1-8(2)11-7-10(16)4-5-13(11)21-15-19-9(3)6-12(20-15)14(17)18/h4-8H,1-3H3,(H3,17,18). The van der Waals surface area contributed by atoms with Gasteiger partial charge in [-0.2, -0.15) is 4.98 Å². The van der Waals surface area contributed by atoms with E-state index >= 15 is 0 Å². The van der Waals surface area contributed by atoms with Crippen LogP contribution in [0.3, 0.4) is 0 Å². The van der Waals surface area contributed by atoms with E-state index in [1.54, 1.807) is 6.07 Å². The van der Waals surface area contributed by atoms with Crippen LogP contribution in [0.5, 0.6) is 11.8 Å². The Morgan fingerprint density at radius 1 is 1.29 bits per heavy atom. The van der Waals surface area contributed by atoms with E-state index in [4.69, 9.17) is 15.9 Å². The van der Waals surface area contributed by atoms with Crippen LogP contribution in [0, 0.1) is 12.3 Å². The van der Waals surface area contributed by atoms with Crippen LogP contribution < -0.4 is 10.5 Å². The SMILES string of the molecule is Cc1cc(C(=N)N)nc(Oc2ccc(Br)cc2C(C)C)n1. The van der Waals surface area contributed by atoms with Gasteiger partial charge in [-0.1, -0.05) is 29.8 Å². The van der Waals surface area contributed by atoms with Crippen molar-refractivity contribution in [3.8, 4) is 11.8 Å². The topological polar surface area (TPSA) is 84.9 Å². The van der Waals surface area contributed by atoms with Gasteiger partial charge in [0.1, 0.15) is 17.3 Å². The van der Waals surface area contributed by atoms with Crippen LogP contribution in [0.15, 0.2) is 28.7 Å². The maximum atomic E-state index is 7.47. The Morgan fingerprint density at radius 2 is 2.00 bits per heavy atom. The van der Waals surface area contributed by atoms with Gasteiger partial charge in [0.2, 0.25) is 0 Å². The van der Waals surface area contributed by atoms with Gasteiger partial charge >= 0.3 is 6.01 Å². The van der Waals surface area contributed by atoms with Crippen LogP contribution in [-0.4, -0.2) is 15.8 Å². The number of halogens is 1. The summed E-state index contributed by atoms with van der Waals surface area (Å²) in [5.41, 5.74) is 7.59. The molecule has 0 aliphatic heterocycles. The number of hydrogen-bond donors (Lipinski definition) is 2. The molecule has 1 aromatic heterocycles. The van der Waals surface area contributed by atoms with E-state index in [0.29, 0.717) is 23.1 Å². The molecule has 0 fully saturated rings. The number of aromatic nitrogens is 2. The molecule has 6 heteroatoms. The molecule has 3 N–H and O–H groups in total. The van der Waals surface area contributed by atoms with Crippen molar-refractivity contribution in [2.75, 3.05) is 0 Å². The monoisotopic (exact) mass is 348 g/mol. The summed E-state index contributed by atoms with van der Waals surface area (Å²) in [7, 11) is 0. The first-order valence-electron chi connectivity index (χ1n) is 6.54. The van der Waals surface area contributed by atoms with Gasteiger partial charge < -0.3 is 10.5 Å². The summed E-state index contributed by atoms with van der Waals surface area (Å²) in [5.74, 6) is 0.896. The molecule has 2 aromatic rings. The second-order valence-electron chi connectivity index (χ2n) is 5.03. The number of nitrogens with one attached hydrogen (secondary N) is 1. The van der Waals surface area contributed by atoms with E-state index in [0.717, 1.165) is 10.0 Å². The molecule has 0 spiro atoms. The van der Waals surface area contributed by atoms with Gasteiger partial charge in [0, 0.05) is 10.2 Å². The van der Waals surface area contributed by atoms with Gasteiger partial charge in [-0.05, 0) is 42.7 Å². The van der Waals surface area contributed by atoms with Crippen molar-refractivity contribution in [3.63, 3.8) is 0 Å². The molecule has 5 nitrogen and oxygen atoms in total. The average Bonchev–Trinajstić information content (AvgIpc) is 2.40. The van der Waals surface area contributed by atoms with Crippen molar-refractivity contribution in [1.82, 2.24) is 9.97 Å². The average molecular weight is 349 g/mol. The van der Waals surface area contributed by atoms with Gasteiger partial charge in [0.15, 0.2) is 0 Å². The van der Waals surface area contributed by atoms with Gasteiger partial charge in [-0.3, -0.25) is 5.41 Å². The van der Waals surface area contributed by atoms with Crippen molar-refractivity contribution in [2.45, 2.75) is 26.7 Å². The molecule has 1 heterocycles. The third kappa shape index (κ3) is 3.78. The molecule has 110 valence electrons. The summed E-state index contributed by atoms with van der Waals surface area (Å²) in [4.78, 5) is 8.39. The first-order chi connectivity index (χ1) is 9.86. The van der Waals surface area contributed by atoms with E-state index in [9.17, 15) is 0 Å². The van der Waals surface area contributed by atoms with Gasteiger partial charge in [0.25, 0.3) is 0 Å². The van der Waals surface area contributed by atoms with Crippen LogP contribution in [0.25, 0.3) is 0 Å². The van der Waals surface area contributed by atoms with E-state index in [1.165, 1.54) is 0 Å². The molecule has 0 bridgehead atoms. The second-order valence-corrected chi connectivity index (χ2v) is 5.95. The molecule has 1 aromatic carbocycles. The molecule has 0 atom stereocenters. The molecule has 0 amide bonds. The number of nitrogen functional groups attached to an aromatic ring is 1. The molecule has 0 saturated carbocycles. The maximum Gasteiger partial charge on any atom is 0.322 e. The van der Waals surface area contributed by atoms with Crippen LogP contribution in [0.1, 0.15) is 36.7 Å². The Labute approximate surface area is 132 Å². The lowest BCUT2D eigenvalue weighted by molar-refractivity contribution is 0.432. The summed E-state index contributed by atoms with van der Waals surface area (Å²) in [6.45, 7) is 5.99. The minimum absolute atomic E-state index is 0.106. The lowest BCUT2D eigenvalue weighted by atomic mass is 10.0. The van der Waals surface area contributed by atoms with Crippen LogP contribution >= 0.6 is 15.9 Å². The fourth-order valence-electron chi connectivity index (χ4n) is 1.89. The zero-order valence-electron chi connectivity index (χ0n) is 12.1. The Balaban J connectivity index is 2.40. The van der Waals surface area contributed by atoms with Crippen molar-refractivity contribution in [3.05, 3.63) is 45.7 Å². The predicted octanol–water partition coefficient (Wildman–Crippen LogP) is 3.75. The molecule has 0 aliphatic rings. The zero-order chi connectivity index (χ0) is 15.6. The highest BCUT2D eigenvalue weighted by Crippen LogP contribution is 2.31. The quantitative estimate of drug-likeness (QED) is 0.650. The van der Waals surface area contributed by atoms with Crippen LogP contribution in [0.4, 0.5) is 0 Å². The number of nitrogens with zero attached hydrogens (tertiary/aromatic N) is 2. The highest BCUT2D eigenvalue weighted by molar-refractivity contribution is 9.10. The van der Waals surface area contributed by atoms with Crippen molar-refractivity contribution in [1.29, 1.82) is 5.41 Å². The lowest BCUT2D eigenvalue weighted by Crippen LogP contribution is -2.14. The fourth-order valence-corrected chi connectivity index (χ4v) is 2.27. The number of rotatable bonds is 4. The second kappa shape index (κ2) is 6.22. The third-order valence-corrected chi connectivity index (χ3v) is 3.40. The van der Waals surface area contributed by atoms with E-state index in [-0.39, 0.29) is 11.8 Å². The summed E-state index contributed by atoms with van der Waals surface area (Å²) >= 11 is 3.46. The smallest absolute Gasteiger partial charge is 0.322 e. The number of hydrogen-bond acceptors (Lipinski definition) is 4. The lowest BCUT2D eigenvalue weighted by Gasteiger charge is -2.13. The number of nitrogens with two attached hydrogens (primary N) is 1. The summed E-state index contributed by atoms with van der Waals surface area (Å²) in [5, 5.41) is 7.47. The maximum absolute atomic E-state index is 7.47. The van der Waals surface area contributed by atoms with Gasteiger partial charge in [0.05, 0.1) is 0 Å². The Bertz CT molecular complexity index is 685. The van der Waals surface area contributed by atoms with E-state index in [1.807, 2.05) is 25.1 Å². The Kier molecular flexibility index (Phi) is 4.57. The van der Waals surface area contributed by atoms with Gasteiger partial charge in [-0.25, -0.2) is 4.98 Å². The molecule has 0 saturated heterocycles. The van der Waals surface area contributed by atoms with Gasteiger partial charge in [-0.15, -0.1) is 0 Å². The molecule has 0 radical (unpaired) electrons. The molecule has 0 unspecified atom stereocenters. The number of amidine groups is 1. The molecule has 2 rings (SSSR count). The van der Waals surface area contributed by atoms with E-state index < -0.39 is 0 Å². The molecule has 0 aliphatic carbocycles. The first-order valence-corrected chi connectivity index (χ1v) is 7.33. The summed E-state index contributed by atoms with van der Waals surface area (Å²) in [6, 6.07) is 7.65. The predicted molar refractivity (Wildman–Crippen MR) is 86.1 cm³/mol. The fraction of sp³-hybridized carbons (Fsp3) is 0.267. The van der Waals surface area contributed by atoms with E-state index in [2.05, 4.69) is 39.7 Å². The molecular weight excluding hydrogens is 332 g/mol. The summed E-state index contributed by atoms with van der Waals surface area (Å²) in [6.07, 6.45) is 0. The minimum atomic E-state index is -0.106. The highest BCUT2D eigenvalue weighted by atomic mass is 79.9.